The summed E-state index contributed by atoms with van der Waals surface area (Å²) in [6.07, 6.45) is -3.09. The van der Waals surface area contributed by atoms with Gasteiger partial charge in [0, 0.05) is 24.2 Å². The molecule has 2 atom stereocenters. The molecule has 1 aliphatic rings. The maximum absolute atomic E-state index is 13.3. The lowest BCUT2D eigenvalue weighted by atomic mass is 9.76. The first-order valence-corrected chi connectivity index (χ1v) is 11.2. The number of halogens is 4. The number of ether oxygens (including phenoxy) is 1. The number of piperidine rings is 1. The summed E-state index contributed by atoms with van der Waals surface area (Å²) in [6, 6.07) is 13.7. The molecule has 8 nitrogen and oxygen atoms in total. The van der Waals surface area contributed by atoms with Crippen LogP contribution in [0.5, 0.6) is 5.75 Å². The fraction of sp³-hybridized carbons (Fsp3) is 0.409. The van der Waals surface area contributed by atoms with Gasteiger partial charge in [0.1, 0.15) is 5.75 Å². The maximum Gasteiger partial charge on any atom is 0.453 e. The van der Waals surface area contributed by atoms with Crippen LogP contribution in [0.3, 0.4) is 0 Å². The van der Waals surface area contributed by atoms with Gasteiger partial charge < -0.3 is 19.9 Å². The van der Waals surface area contributed by atoms with Crippen molar-refractivity contribution in [3.8, 4) is 11.4 Å². The number of tetrazole rings is 1. The van der Waals surface area contributed by atoms with Crippen molar-refractivity contribution in [1.29, 1.82) is 0 Å². The molecule has 2 unspecified atom stereocenters. The van der Waals surface area contributed by atoms with Gasteiger partial charge in [0.2, 0.25) is 6.86 Å². The number of alkyl halides is 4. The van der Waals surface area contributed by atoms with Crippen LogP contribution in [0.15, 0.2) is 48.5 Å². The summed E-state index contributed by atoms with van der Waals surface area (Å²) in [5, 5.41) is 23.5. The Morgan fingerprint density at radius 2 is 1.97 bits per heavy atom. The molecule has 0 spiro atoms. The smallest absolute Gasteiger partial charge is 0.453 e. The Labute approximate surface area is 200 Å². The van der Waals surface area contributed by atoms with E-state index in [-0.39, 0.29) is 30.1 Å². The van der Waals surface area contributed by atoms with Crippen molar-refractivity contribution in [3.63, 3.8) is 0 Å². The summed E-state index contributed by atoms with van der Waals surface area (Å²) in [5.41, 5.74) is 1.55. The van der Waals surface area contributed by atoms with Gasteiger partial charge in [-0.2, -0.15) is 17.9 Å². The second-order valence-corrected chi connectivity index (χ2v) is 8.31. The highest BCUT2D eigenvalue weighted by molar-refractivity contribution is 6.45. The summed E-state index contributed by atoms with van der Waals surface area (Å²) in [6.45, 7) is 1.55. The minimum Gasteiger partial charge on any atom is -0.463 e. The predicted octanol–water partition coefficient (Wildman–Crippen LogP) is 3.39. The van der Waals surface area contributed by atoms with Crippen LogP contribution < -0.4 is 10.1 Å². The van der Waals surface area contributed by atoms with Crippen molar-refractivity contribution in [2.24, 2.45) is 0 Å². The van der Waals surface area contributed by atoms with Crippen LogP contribution in [-0.4, -0.2) is 56.5 Å². The Morgan fingerprint density at radius 1 is 1.20 bits per heavy atom. The first-order valence-electron chi connectivity index (χ1n) is 11.2. The predicted molar refractivity (Wildman–Crippen MR) is 120 cm³/mol. The zero-order chi connectivity index (χ0) is 25.0. The van der Waals surface area contributed by atoms with E-state index in [1.807, 2.05) is 35.1 Å². The van der Waals surface area contributed by atoms with Gasteiger partial charge in [0.15, 0.2) is 0 Å². The van der Waals surface area contributed by atoms with Crippen molar-refractivity contribution in [3.05, 3.63) is 65.5 Å². The molecular formula is C22H25BF4N6O2. The van der Waals surface area contributed by atoms with Crippen molar-refractivity contribution < 1.29 is 27.3 Å². The first-order chi connectivity index (χ1) is 16.8. The first kappa shape index (κ1) is 25.1. The molecule has 0 radical (unpaired) electrons. The summed E-state index contributed by atoms with van der Waals surface area (Å²) < 4.78 is 58.5. The molecule has 4 rings (SSSR count). The normalized spacial score (nSPS) is 19.0. The summed E-state index contributed by atoms with van der Waals surface area (Å²) in [4.78, 5) is 2.00. The average Bonchev–Trinajstić information content (AvgIpc) is 3.35. The lowest BCUT2D eigenvalue weighted by Crippen LogP contribution is -2.52. The zero-order valence-corrected chi connectivity index (χ0v) is 19.0. The van der Waals surface area contributed by atoms with Crippen LogP contribution in [0.25, 0.3) is 5.69 Å². The molecule has 3 aromatic rings. The van der Waals surface area contributed by atoms with Gasteiger partial charge in [-0.1, -0.05) is 30.3 Å². The summed E-state index contributed by atoms with van der Waals surface area (Å²) >= 11 is 0. The Hall–Kier alpha value is -3.03. The van der Waals surface area contributed by atoms with Gasteiger partial charge in [0.25, 0.3) is 5.82 Å². The van der Waals surface area contributed by atoms with E-state index in [9.17, 15) is 22.6 Å². The molecule has 0 aliphatic carbocycles. The quantitative estimate of drug-likeness (QED) is 0.368. The largest absolute Gasteiger partial charge is 0.463 e. The van der Waals surface area contributed by atoms with Gasteiger partial charge in [-0.25, -0.2) is 4.39 Å². The van der Waals surface area contributed by atoms with Gasteiger partial charge in [0.05, 0.1) is 5.69 Å². The van der Waals surface area contributed by atoms with Gasteiger partial charge in [-0.15, -0.1) is 5.10 Å². The van der Waals surface area contributed by atoms with Crippen LogP contribution in [0.2, 0.25) is 6.82 Å². The Bertz CT molecular complexity index is 1110. The van der Waals surface area contributed by atoms with Gasteiger partial charge >= 0.3 is 13.2 Å². The molecule has 186 valence electrons. The topological polar surface area (TPSA) is 88.3 Å². The molecule has 1 aromatic heterocycles. The highest BCUT2D eigenvalue weighted by atomic mass is 19.4. The van der Waals surface area contributed by atoms with Crippen LogP contribution in [0.1, 0.15) is 35.8 Å². The minimum absolute atomic E-state index is 0.0687. The van der Waals surface area contributed by atoms with Gasteiger partial charge in [-0.05, 0) is 60.4 Å². The Morgan fingerprint density at radius 3 is 2.66 bits per heavy atom. The lowest BCUT2D eigenvalue weighted by Gasteiger charge is -2.43. The highest BCUT2D eigenvalue weighted by Crippen LogP contribution is 2.33. The van der Waals surface area contributed by atoms with Crippen molar-refractivity contribution in [2.45, 2.75) is 44.5 Å². The van der Waals surface area contributed by atoms with Crippen LogP contribution >= 0.6 is 0 Å². The molecule has 0 saturated carbocycles. The fourth-order valence-corrected chi connectivity index (χ4v) is 4.54. The number of hydrogen-bond donors (Lipinski definition) is 2. The second-order valence-electron chi connectivity index (χ2n) is 8.31. The molecule has 35 heavy (non-hydrogen) atoms. The van der Waals surface area contributed by atoms with E-state index in [2.05, 4.69) is 20.8 Å². The number of rotatable bonds is 8. The average molecular weight is 492 g/mol. The number of hydrogen-bond acceptors (Lipinski definition) is 7. The molecule has 2 aromatic carbocycles. The molecule has 13 heteroatoms. The number of aromatic nitrogens is 4. The molecule has 0 bridgehead atoms. The standard InChI is InChI=1S/C22H25BF4N6O2/c1-23(34)32-11-5-8-18(20(32)15-6-3-2-4-7-15)28-13-16-12-17(9-10-19(16)35-14-24)33-21(22(25,26)27)29-30-31-33/h2-4,6-7,9-10,12,18,20,28,34H,5,8,11,13-14H2,1H3. The molecule has 1 saturated heterocycles. The molecule has 1 aliphatic heterocycles. The van der Waals surface area contributed by atoms with E-state index in [4.69, 9.17) is 4.74 Å². The zero-order valence-electron chi connectivity index (χ0n) is 19.0. The van der Waals surface area contributed by atoms with E-state index in [1.54, 1.807) is 6.82 Å². The van der Waals surface area contributed by atoms with E-state index in [0.717, 1.165) is 24.9 Å². The molecule has 2 heterocycles. The Balaban J connectivity index is 1.62. The molecule has 2 N–H and O–H groups in total. The van der Waals surface area contributed by atoms with Crippen LogP contribution in [0, 0.1) is 0 Å². The third-order valence-corrected chi connectivity index (χ3v) is 6.07. The van der Waals surface area contributed by atoms with E-state index in [0.29, 0.717) is 10.2 Å². The van der Waals surface area contributed by atoms with Crippen LogP contribution in [0.4, 0.5) is 17.6 Å². The fourth-order valence-electron chi connectivity index (χ4n) is 4.54. The lowest BCUT2D eigenvalue weighted by molar-refractivity contribution is -0.146. The number of nitrogens with one attached hydrogen (secondary N) is 1. The molecular weight excluding hydrogens is 467 g/mol. The Kier molecular flexibility index (Phi) is 7.67. The SMILES string of the molecule is CB(O)N1CCCC(NCc2cc(-n3nnnc3C(F)(F)F)ccc2OCF)C1c1ccccc1. The molecule has 0 amide bonds. The second kappa shape index (κ2) is 10.7. The third kappa shape index (κ3) is 5.63. The van der Waals surface area contributed by atoms with E-state index in [1.165, 1.54) is 18.2 Å². The van der Waals surface area contributed by atoms with E-state index < -0.39 is 25.9 Å². The number of benzene rings is 2. The van der Waals surface area contributed by atoms with Gasteiger partial charge in [-0.3, -0.25) is 0 Å². The van der Waals surface area contributed by atoms with E-state index >= 15 is 0 Å². The van der Waals surface area contributed by atoms with Crippen molar-refractivity contribution >= 4 is 7.05 Å². The minimum atomic E-state index is -4.74. The molecule has 1 fully saturated rings. The summed E-state index contributed by atoms with van der Waals surface area (Å²) in [7, 11) is -0.667. The maximum atomic E-state index is 13.3. The van der Waals surface area contributed by atoms with Crippen molar-refractivity contribution in [1.82, 2.24) is 30.3 Å². The third-order valence-electron chi connectivity index (χ3n) is 6.07. The monoisotopic (exact) mass is 492 g/mol. The van der Waals surface area contributed by atoms with Crippen LogP contribution in [-0.2, 0) is 12.7 Å². The summed E-state index contributed by atoms with van der Waals surface area (Å²) in [5.74, 6) is -1.07. The van der Waals surface area contributed by atoms with Crippen molar-refractivity contribution in [2.75, 3.05) is 13.4 Å². The number of nitrogens with zero attached hydrogens (tertiary/aromatic N) is 5. The highest BCUT2D eigenvalue weighted by Gasteiger charge is 2.39.